The van der Waals surface area contributed by atoms with Crippen LogP contribution < -0.4 is 0 Å². The van der Waals surface area contributed by atoms with Crippen LogP contribution in [-0.2, 0) is 6.42 Å². The van der Waals surface area contributed by atoms with Crippen LogP contribution in [0.1, 0.15) is 32.1 Å². The van der Waals surface area contributed by atoms with Crippen LogP contribution in [0.25, 0.3) is 11.4 Å². The van der Waals surface area contributed by atoms with Gasteiger partial charge in [-0.15, -0.1) is 0 Å². The third-order valence-electron chi connectivity index (χ3n) is 4.37. The first kappa shape index (κ1) is 15.3. The zero-order valence-electron chi connectivity index (χ0n) is 13.7. The predicted molar refractivity (Wildman–Crippen MR) is 92.1 cm³/mol. The van der Waals surface area contributed by atoms with Gasteiger partial charge in [-0.25, -0.2) is 4.98 Å². The summed E-state index contributed by atoms with van der Waals surface area (Å²) in [4.78, 5) is 38.0. The molecule has 6 heteroatoms. The molecule has 0 saturated carbocycles. The predicted octanol–water partition coefficient (Wildman–Crippen LogP) is 2.62. The Bertz CT molecular complexity index is 928. The Kier molecular flexibility index (Phi) is 3.65. The van der Waals surface area contributed by atoms with Crippen LogP contribution in [0.15, 0.2) is 48.8 Å². The third-order valence-corrected chi connectivity index (χ3v) is 4.37. The maximum absolute atomic E-state index is 12.4. The molecule has 0 aliphatic carbocycles. The van der Waals surface area contributed by atoms with Crippen molar-refractivity contribution in [2.24, 2.45) is 0 Å². The van der Waals surface area contributed by atoms with Crippen LogP contribution in [0, 0.1) is 6.92 Å². The Labute approximate surface area is 144 Å². The number of nitrogens with zero attached hydrogens (tertiary/aromatic N) is 3. The molecule has 0 bridgehead atoms. The molecule has 0 fully saturated rings. The summed E-state index contributed by atoms with van der Waals surface area (Å²) in [6.07, 6.45) is 3.96. The standard InChI is InChI=1S/C19H16N4O2/c1-12-16(22-17(21-12)13-5-4-9-20-11-13)8-10-23-18(24)14-6-2-3-7-15(14)19(23)25/h2-7,9,11H,8,10H2,1H3,(H,21,22). The smallest absolute Gasteiger partial charge is 0.261 e. The zero-order chi connectivity index (χ0) is 17.4. The number of fused-ring (bicyclic) bond motifs is 1. The average Bonchev–Trinajstić information content (AvgIpc) is 3.13. The largest absolute Gasteiger partial charge is 0.342 e. The molecule has 6 nitrogen and oxygen atoms in total. The van der Waals surface area contributed by atoms with Crippen molar-refractivity contribution < 1.29 is 9.59 Å². The minimum absolute atomic E-state index is 0.235. The molecule has 0 saturated heterocycles. The molecule has 2 amide bonds. The average molecular weight is 332 g/mol. The fourth-order valence-electron chi connectivity index (χ4n) is 3.04. The number of amides is 2. The molecule has 124 valence electrons. The van der Waals surface area contributed by atoms with Crippen LogP contribution in [0.4, 0.5) is 0 Å². The molecule has 1 aromatic carbocycles. The first-order valence-electron chi connectivity index (χ1n) is 8.06. The number of nitrogens with one attached hydrogen (secondary N) is 1. The molecule has 1 aliphatic rings. The Balaban J connectivity index is 1.52. The van der Waals surface area contributed by atoms with E-state index in [1.165, 1.54) is 4.90 Å². The van der Waals surface area contributed by atoms with Gasteiger partial charge in [0.25, 0.3) is 11.8 Å². The minimum atomic E-state index is -0.235. The van der Waals surface area contributed by atoms with Crippen LogP contribution >= 0.6 is 0 Å². The monoisotopic (exact) mass is 332 g/mol. The summed E-state index contributed by atoms with van der Waals surface area (Å²) in [5, 5.41) is 0. The highest BCUT2D eigenvalue weighted by Crippen LogP contribution is 2.23. The molecule has 1 aliphatic heterocycles. The van der Waals surface area contributed by atoms with Crippen molar-refractivity contribution in [1.29, 1.82) is 0 Å². The number of carbonyl (C=O) groups excluding carboxylic acids is 2. The Morgan fingerprint density at radius 3 is 2.40 bits per heavy atom. The summed E-state index contributed by atoms with van der Waals surface area (Å²) in [6.45, 7) is 2.25. The molecule has 3 heterocycles. The van der Waals surface area contributed by atoms with E-state index in [9.17, 15) is 9.59 Å². The van der Waals surface area contributed by atoms with Gasteiger partial charge in [-0.1, -0.05) is 12.1 Å². The van der Waals surface area contributed by atoms with E-state index in [1.54, 1.807) is 36.7 Å². The van der Waals surface area contributed by atoms with Crippen LogP contribution in [0.2, 0.25) is 0 Å². The number of aryl methyl sites for hydroxylation is 1. The van der Waals surface area contributed by atoms with Crippen LogP contribution in [0.3, 0.4) is 0 Å². The Morgan fingerprint density at radius 2 is 1.76 bits per heavy atom. The number of hydrogen-bond acceptors (Lipinski definition) is 4. The first-order chi connectivity index (χ1) is 12.1. The fraction of sp³-hybridized carbons (Fsp3) is 0.158. The van der Waals surface area contributed by atoms with E-state index in [4.69, 9.17) is 0 Å². The SMILES string of the molecule is Cc1[nH]c(-c2cccnc2)nc1CCN1C(=O)c2ccccc2C1=O. The molecule has 0 radical (unpaired) electrons. The van der Waals surface area contributed by atoms with E-state index in [0.717, 1.165) is 22.8 Å². The van der Waals surface area contributed by atoms with Crippen molar-refractivity contribution in [1.82, 2.24) is 19.9 Å². The van der Waals surface area contributed by atoms with Crippen molar-refractivity contribution in [3.63, 3.8) is 0 Å². The number of pyridine rings is 1. The first-order valence-corrected chi connectivity index (χ1v) is 8.06. The number of carbonyl (C=O) groups is 2. The number of imide groups is 1. The van der Waals surface area contributed by atoms with Gasteiger partial charge in [0.1, 0.15) is 5.82 Å². The Hall–Kier alpha value is -3.28. The molecular weight excluding hydrogens is 316 g/mol. The normalized spacial score (nSPS) is 13.4. The lowest BCUT2D eigenvalue weighted by Crippen LogP contribution is -2.31. The molecular formula is C19H16N4O2. The molecule has 3 aromatic rings. The molecule has 0 unspecified atom stereocenters. The van der Waals surface area contributed by atoms with Crippen LogP contribution in [0.5, 0.6) is 0 Å². The quantitative estimate of drug-likeness (QED) is 0.745. The summed E-state index contributed by atoms with van der Waals surface area (Å²) in [6, 6.07) is 10.7. The second-order valence-electron chi connectivity index (χ2n) is 5.96. The molecule has 2 aromatic heterocycles. The van der Waals surface area contributed by atoms with Crippen LogP contribution in [-0.4, -0.2) is 38.2 Å². The molecule has 25 heavy (non-hydrogen) atoms. The van der Waals surface area contributed by atoms with Gasteiger partial charge in [0.05, 0.1) is 16.8 Å². The van der Waals surface area contributed by atoms with Crippen molar-refractivity contribution in [3.05, 3.63) is 71.3 Å². The number of imidazole rings is 1. The molecule has 4 rings (SSSR count). The topological polar surface area (TPSA) is 79.0 Å². The van der Waals surface area contributed by atoms with Gasteiger partial charge in [-0.2, -0.15) is 0 Å². The van der Waals surface area contributed by atoms with Gasteiger partial charge < -0.3 is 4.98 Å². The third kappa shape index (κ3) is 2.61. The lowest BCUT2D eigenvalue weighted by Gasteiger charge is -2.12. The summed E-state index contributed by atoms with van der Waals surface area (Å²) in [5.41, 5.74) is 3.62. The number of aromatic nitrogens is 3. The van der Waals surface area contributed by atoms with Gasteiger partial charge in [-0.3, -0.25) is 19.5 Å². The fourth-order valence-corrected chi connectivity index (χ4v) is 3.04. The van der Waals surface area contributed by atoms with Gasteiger partial charge in [0, 0.05) is 36.6 Å². The van der Waals surface area contributed by atoms with Crippen molar-refractivity contribution in [3.8, 4) is 11.4 Å². The van der Waals surface area contributed by atoms with Gasteiger partial charge in [-0.05, 0) is 31.2 Å². The van der Waals surface area contributed by atoms with E-state index in [0.29, 0.717) is 24.1 Å². The zero-order valence-corrected chi connectivity index (χ0v) is 13.7. The van der Waals surface area contributed by atoms with E-state index in [-0.39, 0.29) is 11.8 Å². The second kappa shape index (κ2) is 5.98. The lowest BCUT2D eigenvalue weighted by atomic mass is 10.1. The highest BCUT2D eigenvalue weighted by atomic mass is 16.2. The van der Waals surface area contributed by atoms with Gasteiger partial charge in [0.15, 0.2) is 0 Å². The number of benzene rings is 1. The highest BCUT2D eigenvalue weighted by Gasteiger charge is 2.34. The van der Waals surface area contributed by atoms with E-state index in [1.807, 2.05) is 19.1 Å². The molecule has 0 atom stereocenters. The number of H-pyrrole nitrogens is 1. The van der Waals surface area contributed by atoms with Crippen molar-refractivity contribution in [2.45, 2.75) is 13.3 Å². The lowest BCUT2D eigenvalue weighted by molar-refractivity contribution is 0.0656. The number of aromatic amines is 1. The van der Waals surface area contributed by atoms with Gasteiger partial charge in [0.2, 0.25) is 0 Å². The van der Waals surface area contributed by atoms with E-state index in [2.05, 4.69) is 15.0 Å². The highest BCUT2D eigenvalue weighted by molar-refractivity contribution is 6.21. The summed E-state index contributed by atoms with van der Waals surface area (Å²) < 4.78 is 0. The summed E-state index contributed by atoms with van der Waals surface area (Å²) in [5.74, 6) is 0.269. The van der Waals surface area contributed by atoms with Crippen molar-refractivity contribution in [2.75, 3.05) is 6.54 Å². The van der Waals surface area contributed by atoms with E-state index >= 15 is 0 Å². The van der Waals surface area contributed by atoms with Crippen molar-refractivity contribution >= 4 is 11.8 Å². The second-order valence-corrected chi connectivity index (χ2v) is 5.96. The maximum Gasteiger partial charge on any atom is 0.261 e. The maximum atomic E-state index is 12.4. The van der Waals surface area contributed by atoms with E-state index < -0.39 is 0 Å². The molecule has 1 N–H and O–H groups in total. The number of rotatable bonds is 4. The molecule has 0 spiro atoms. The number of hydrogen-bond donors (Lipinski definition) is 1. The van der Waals surface area contributed by atoms with Gasteiger partial charge >= 0.3 is 0 Å². The Morgan fingerprint density at radius 1 is 1.04 bits per heavy atom. The summed E-state index contributed by atoms with van der Waals surface area (Å²) >= 11 is 0. The minimum Gasteiger partial charge on any atom is -0.342 e. The summed E-state index contributed by atoms with van der Waals surface area (Å²) in [7, 11) is 0.